The van der Waals surface area contributed by atoms with E-state index in [4.69, 9.17) is 10.00 Å². The molecular weight excluding hydrogens is 366 g/mol. The number of aromatic amines is 1. The number of fused-ring (bicyclic) bond motifs is 1. The smallest absolute Gasteiger partial charge is 0.257 e. The molecule has 0 saturated heterocycles. The minimum atomic E-state index is 0.0485. The van der Waals surface area contributed by atoms with E-state index < -0.39 is 0 Å². The van der Waals surface area contributed by atoms with Crippen LogP contribution in [0.5, 0.6) is 5.88 Å². The van der Waals surface area contributed by atoms with Crippen molar-refractivity contribution in [3.63, 3.8) is 0 Å². The summed E-state index contributed by atoms with van der Waals surface area (Å²) in [6.45, 7) is 8.85. The molecule has 0 radical (unpaired) electrons. The maximum atomic E-state index is 9.04. The number of anilines is 2. The molecule has 154 valence electrons. The second-order valence-electron chi connectivity index (χ2n) is 8.05. The lowest BCUT2D eigenvalue weighted by Crippen LogP contribution is -2.34. The molecular formula is C21H29N7O. The highest BCUT2D eigenvalue weighted by Gasteiger charge is 2.31. The lowest BCUT2D eigenvalue weighted by atomic mass is 9.80. The summed E-state index contributed by atoms with van der Waals surface area (Å²) in [7, 11) is 1.86. The van der Waals surface area contributed by atoms with Gasteiger partial charge < -0.3 is 15.0 Å². The van der Waals surface area contributed by atoms with Crippen LogP contribution >= 0.6 is 0 Å². The van der Waals surface area contributed by atoms with Crippen molar-refractivity contribution >= 4 is 22.7 Å². The molecule has 0 aliphatic carbocycles. The summed E-state index contributed by atoms with van der Waals surface area (Å²) >= 11 is 0. The van der Waals surface area contributed by atoms with Crippen LogP contribution in [0.3, 0.4) is 0 Å². The Hall–Kier alpha value is -3.08. The molecule has 0 bridgehead atoms. The first-order valence-corrected chi connectivity index (χ1v) is 10.1. The van der Waals surface area contributed by atoms with Gasteiger partial charge in [-0.2, -0.15) is 10.2 Å². The number of ether oxygens (including phenoxy) is 1. The Morgan fingerprint density at radius 1 is 1.38 bits per heavy atom. The van der Waals surface area contributed by atoms with Crippen LogP contribution in [0.4, 0.5) is 11.6 Å². The Balaban J connectivity index is 1.82. The third-order valence-electron chi connectivity index (χ3n) is 5.20. The van der Waals surface area contributed by atoms with Crippen molar-refractivity contribution in [2.45, 2.75) is 59.5 Å². The first kappa shape index (κ1) is 20.6. The van der Waals surface area contributed by atoms with Crippen LogP contribution in [-0.4, -0.2) is 30.8 Å². The minimum absolute atomic E-state index is 0.0485. The molecule has 0 saturated carbocycles. The van der Waals surface area contributed by atoms with Crippen LogP contribution < -0.4 is 10.1 Å². The second kappa shape index (κ2) is 8.52. The number of nitrogens with one attached hydrogen (secondary N) is 2. The van der Waals surface area contributed by atoms with Gasteiger partial charge >= 0.3 is 0 Å². The first-order chi connectivity index (χ1) is 13.9. The van der Waals surface area contributed by atoms with Crippen molar-refractivity contribution < 1.29 is 4.74 Å². The number of nitriles is 1. The van der Waals surface area contributed by atoms with Gasteiger partial charge in [0.05, 0.1) is 6.20 Å². The van der Waals surface area contributed by atoms with Crippen LogP contribution in [0.2, 0.25) is 0 Å². The number of aryl methyl sites for hydroxylation is 1. The lowest BCUT2D eigenvalue weighted by Gasteiger charge is -2.33. The van der Waals surface area contributed by atoms with E-state index in [1.54, 1.807) is 16.9 Å². The van der Waals surface area contributed by atoms with Crippen molar-refractivity contribution in [1.29, 1.82) is 5.26 Å². The molecule has 29 heavy (non-hydrogen) atoms. The zero-order chi connectivity index (χ0) is 21.0. The van der Waals surface area contributed by atoms with Gasteiger partial charge in [0.15, 0.2) is 0 Å². The van der Waals surface area contributed by atoms with Crippen molar-refractivity contribution in [2.75, 3.05) is 5.32 Å². The van der Waals surface area contributed by atoms with Gasteiger partial charge in [-0.05, 0) is 18.9 Å². The number of rotatable bonds is 9. The molecule has 3 heterocycles. The molecule has 0 aliphatic rings. The number of aromatic nitrogens is 5. The van der Waals surface area contributed by atoms with E-state index in [1.165, 1.54) is 12.8 Å². The Labute approximate surface area is 171 Å². The normalized spacial score (nSPS) is 12.7. The molecule has 8 heteroatoms. The third-order valence-corrected chi connectivity index (χ3v) is 5.20. The van der Waals surface area contributed by atoms with E-state index in [2.05, 4.69) is 59.1 Å². The number of H-pyrrole nitrogens is 1. The Morgan fingerprint density at radius 3 is 2.86 bits per heavy atom. The number of unbranched alkanes of at least 4 members (excludes halogenated alkanes) is 1. The highest BCUT2D eigenvalue weighted by atomic mass is 16.5. The van der Waals surface area contributed by atoms with Crippen LogP contribution in [0, 0.1) is 16.7 Å². The van der Waals surface area contributed by atoms with Gasteiger partial charge in [-0.3, -0.25) is 4.68 Å². The monoisotopic (exact) mass is 395 g/mol. The predicted octanol–water partition coefficient (Wildman–Crippen LogP) is 4.68. The molecule has 3 aromatic heterocycles. The third kappa shape index (κ3) is 4.67. The fourth-order valence-electron chi connectivity index (χ4n) is 3.52. The predicted molar refractivity (Wildman–Crippen MR) is 113 cm³/mol. The van der Waals surface area contributed by atoms with Crippen LogP contribution in [0.15, 0.2) is 18.5 Å². The van der Waals surface area contributed by atoms with Crippen LogP contribution in [0.1, 0.15) is 59.1 Å². The molecule has 1 atom stereocenters. The highest BCUT2D eigenvalue weighted by molar-refractivity contribution is 5.78. The first-order valence-electron chi connectivity index (χ1n) is 10.1. The zero-order valence-corrected chi connectivity index (χ0v) is 17.8. The van der Waals surface area contributed by atoms with E-state index in [0.29, 0.717) is 28.9 Å². The summed E-state index contributed by atoms with van der Waals surface area (Å²) in [5, 5.41) is 17.5. The molecule has 0 aromatic carbocycles. The second-order valence-corrected chi connectivity index (χ2v) is 8.05. The molecule has 3 aromatic rings. The van der Waals surface area contributed by atoms with Crippen LogP contribution in [-0.2, 0) is 7.05 Å². The summed E-state index contributed by atoms with van der Waals surface area (Å²) in [6, 6.07) is 3.80. The highest BCUT2D eigenvalue weighted by Crippen LogP contribution is 2.35. The molecule has 1 unspecified atom stereocenters. The molecule has 0 aliphatic heterocycles. The maximum Gasteiger partial charge on any atom is 0.257 e. The summed E-state index contributed by atoms with van der Waals surface area (Å²) < 4.78 is 8.07. The largest absolute Gasteiger partial charge is 0.471 e. The lowest BCUT2D eigenvalue weighted by molar-refractivity contribution is 0.0574. The maximum absolute atomic E-state index is 9.04. The molecule has 3 rings (SSSR count). The number of hydrogen-bond donors (Lipinski definition) is 2. The van der Waals surface area contributed by atoms with Crippen molar-refractivity contribution in [1.82, 2.24) is 24.7 Å². The average Bonchev–Trinajstić information content (AvgIpc) is 3.26. The molecule has 0 amide bonds. The van der Waals surface area contributed by atoms with Gasteiger partial charge in [-0.25, -0.2) is 4.98 Å². The summed E-state index contributed by atoms with van der Waals surface area (Å²) in [4.78, 5) is 11.8. The zero-order valence-electron chi connectivity index (χ0n) is 17.8. The van der Waals surface area contributed by atoms with E-state index in [0.717, 1.165) is 18.2 Å². The molecule has 2 N–H and O–H groups in total. The SMILES string of the molecule is CCCCC(C)(C)C(CC)Oc1nn(C)cc1Nc1ncc2cc(C#N)[nH]c2n1. The quantitative estimate of drug-likeness (QED) is 0.545. The van der Waals surface area contributed by atoms with Crippen LogP contribution in [0.25, 0.3) is 11.0 Å². The van der Waals surface area contributed by atoms with E-state index >= 15 is 0 Å². The summed E-state index contributed by atoms with van der Waals surface area (Å²) in [5.41, 5.74) is 1.82. The Morgan fingerprint density at radius 2 is 2.17 bits per heavy atom. The minimum Gasteiger partial charge on any atom is -0.471 e. The van der Waals surface area contributed by atoms with E-state index in [1.807, 2.05) is 13.2 Å². The number of nitrogens with zero attached hydrogens (tertiary/aromatic N) is 5. The average molecular weight is 396 g/mol. The fourth-order valence-corrected chi connectivity index (χ4v) is 3.52. The summed E-state index contributed by atoms with van der Waals surface area (Å²) in [5.74, 6) is 0.955. The number of hydrogen-bond acceptors (Lipinski definition) is 6. The molecule has 8 nitrogen and oxygen atoms in total. The topological polar surface area (TPSA) is 104 Å². The molecule has 0 spiro atoms. The van der Waals surface area contributed by atoms with Gasteiger partial charge in [-0.1, -0.05) is 40.5 Å². The molecule has 0 fully saturated rings. The van der Waals surface area contributed by atoms with Crippen molar-refractivity contribution in [3.05, 3.63) is 24.2 Å². The Bertz CT molecular complexity index is 1010. The van der Waals surface area contributed by atoms with Gasteiger partial charge in [0.2, 0.25) is 5.95 Å². The van der Waals surface area contributed by atoms with E-state index in [-0.39, 0.29) is 11.5 Å². The fraction of sp³-hybridized carbons (Fsp3) is 0.524. The van der Waals surface area contributed by atoms with Gasteiger partial charge in [-0.15, -0.1) is 5.10 Å². The van der Waals surface area contributed by atoms with Gasteiger partial charge in [0.25, 0.3) is 5.88 Å². The standard InChI is InChI=1S/C21H29N7O/c1-6-8-9-21(3,4)17(7-2)29-19-16(13-28(5)27-19)25-20-23-12-14-10-15(11-22)24-18(14)26-20/h10,12-13,17H,6-9H2,1-5H3,(H2,23,24,25,26). The van der Waals surface area contributed by atoms with Crippen molar-refractivity contribution in [2.24, 2.45) is 12.5 Å². The van der Waals surface area contributed by atoms with Crippen molar-refractivity contribution in [3.8, 4) is 11.9 Å². The van der Waals surface area contributed by atoms with Gasteiger partial charge in [0.1, 0.15) is 29.2 Å². The van der Waals surface area contributed by atoms with E-state index in [9.17, 15) is 0 Å². The Kier molecular flexibility index (Phi) is 6.06. The summed E-state index contributed by atoms with van der Waals surface area (Å²) in [6.07, 6.45) is 7.93. The van der Waals surface area contributed by atoms with Gasteiger partial charge in [0, 0.05) is 24.0 Å².